The first-order chi connectivity index (χ1) is 16.0. The first-order valence-electron chi connectivity index (χ1n) is 10.5. The number of ether oxygens (including phenoxy) is 1. The van der Waals surface area contributed by atoms with Crippen molar-refractivity contribution < 1.29 is 9.26 Å². The highest BCUT2D eigenvalue weighted by Crippen LogP contribution is 2.40. The number of nitrogen functional groups attached to an aromatic ring is 1. The number of benzene rings is 2. The summed E-state index contributed by atoms with van der Waals surface area (Å²) in [4.78, 5) is 17.4. The quantitative estimate of drug-likeness (QED) is 0.413. The maximum atomic E-state index is 6.36. The Balaban J connectivity index is 1.72. The topological polar surface area (TPSA) is 121 Å². The normalized spacial score (nSPS) is 11.8. The lowest BCUT2D eigenvalue weighted by molar-refractivity contribution is 0.393. The van der Waals surface area contributed by atoms with Gasteiger partial charge in [-0.05, 0) is 45.0 Å². The van der Waals surface area contributed by atoms with Crippen molar-refractivity contribution in [1.82, 2.24) is 29.7 Å². The highest BCUT2D eigenvalue weighted by atomic mass is 16.5. The summed E-state index contributed by atoms with van der Waals surface area (Å²) in [6.45, 7) is 5.67. The van der Waals surface area contributed by atoms with Gasteiger partial charge in [0.2, 0.25) is 5.95 Å². The number of imidazole rings is 1. The molecule has 9 heteroatoms. The van der Waals surface area contributed by atoms with Gasteiger partial charge in [0.25, 0.3) is 0 Å². The number of fused-ring (bicyclic) bond motifs is 4. The van der Waals surface area contributed by atoms with E-state index in [4.69, 9.17) is 20.0 Å². The van der Waals surface area contributed by atoms with Gasteiger partial charge in [-0.3, -0.25) is 4.57 Å². The Morgan fingerprint density at radius 2 is 1.88 bits per heavy atom. The summed E-state index contributed by atoms with van der Waals surface area (Å²) >= 11 is 0. The lowest BCUT2D eigenvalue weighted by Crippen LogP contribution is -2.05. The molecule has 0 atom stereocenters. The third kappa shape index (κ3) is 2.72. The van der Waals surface area contributed by atoms with Crippen LogP contribution in [0.15, 0.2) is 40.9 Å². The zero-order valence-corrected chi connectivity index (χ0v) is 18.6. The molecular weight excluding hydrogens is 418 g/mol. The summed E-state index contributed by atoms with van der Waals surface area (Å²) in [6.07, 6.45) is 0. The van der Waals surface area contributed by atoms with Crippen LogP contribution in [0.1, 0.15) is 17.3 Å². The fourth-order valence-corrected chi connectivity index (χ4v) is 4.57. The zero-order chi connectivity index (χ0) is 22.9. The summed E-state index contributed by atoms with van der Waals surface area (Å²) in [5.74, 6) is 3.09. The fraction of sp³-hybridized carbons (Fsp3) is 0.167. The number of aromatic nitrogens is 6. The Hall–Kier alpha value is -4.40. The molecule has 0 fully saturated rings. The van der Waals surface area contributed by atoms with Crippen molar-refractivity contribution in [3.63, 3.8) is 0 Å². The predicted octanol–water partition coefficient (Wildman–Crippen LogP) is 4.62. The van der Waals surface area contributed by atoms with Crippen molar-refractivity contribution in [1.29, 1.82) is 0 Å². The average molecular weight is 439 g/mol. The minimum Gasteiger partial charge on any atom is -0.496 e. The molecule has 0 aliphatic carbocycles. The van der Waals surface area contributed by atoms with Gasteiger partial charge in [0, 0.05) is 16.5 Å². The van der Waals surface area contributed by atoms with E-state index in [1.54, 1.807) is 7.11 Å². The van der Waals surface area contributed by atoms with Crippen molar-refractivity contribution in [3.05, 3.63) is 53.7 Å². The highest BCUT2D eigenvalue weighted by Gasteiger charge is 2.22. The third-order valence-electron chi connectivity index (χ3n) is 5.97. The van der Waals surface area contributed by atoms with Crippen LogP contribution in [0, 0.1) is 20.8 Å². The number of nitrogens with one attached hydrogen (secondary N) is 1. The van der Waals surface area contributed by atoms with Crippen LogP contribution in [0.25, 0.3) is 49.9 Å². The van der Waals surface area contributed by atoms with E-state index in [0.29, 0.717) is 29.0 Å². The summed E-state index contributed by atoms with van der Waals surface area (Å²) in [5, 5.41) is 5.86. The minimum absolute atomic E-state index is 0.365. The van der Waals surface area contributed by atoms with Crippen molar-refractivity contribution in [3.8, 4) is 22.7 Å². The maximum absolute atomic E-state index is 6.36. The van der Waals surface area contributed by atoms with Gasteiger partial charge < -0.3 is 20.0 Å². The largest absolute Gasteiger partial charge is 0.496 e. The summed E-state index contributed by atoms with van der Waals surface area (Å²) in [7, 11) is 1.65. The van der Waals surface area contributed by atoms with Crippen molar-refractivity contribution in [2.45, 2.75) is 20.8 Å². The van der Waals surface area contributed by atoms with Crippen LogP contribution in [0.5, 0.6) is 5.75 Å². The molecule has 6 aromatic rings. The fourth-order valence-electron chi connectivity index (χ4n) is 4.57. The maximum Gasteiger partial charge on any atom is 0.207 e. The minimum atomic E-state index is 0.365. The molecule has 4 aromatic heterocycles. The Morgan fingerprint density at radius 1 is 1.06 bits per heavy atom. The SMILES string of the molecule is COc1cc2c(cc1-c1c(C)noc1C)[nH]c1nc(C)nc(-n3c(N)nc4ccccc43)c12. The number of aryl methyl sites for hydroxylation is 3. The standard InChI is InChI=1S/C24H21N7O2/c1-11-20(12(2)33-30-11)15-9-17-14(10-19(15)32-4)21-22(28-17)26-13(3)27-23(21)31-18-8-6-5-7-16(18)29-24(31)25/h5-10H,1-4H3,(H2,25,29)(H,26,27,28). The molecule has 0 aliphatic heterocycles. The van der Waals surface area contributed by atoms with E-state index >= 15 is 0 Å². The molecule has 0 unspecified atom stereocenters. The zero-order valence-electron chi connectivity index (χ0n) is 18.6. The van der Waals surface area contributed by atoms with Crippen LogP contribution in [-0.2, 0) is 0 Å². The van der Waals surface area contributed by atoms with E-state index in [0.717, 1.165) is 49.9 Å². The van der Waals surface area contributed by atoms with Gasteiger partial charge in [0.05, 0.1) is 34.8 Å². The number of hydrogen-bond acceptors (Lipinski definition) is 7. The molecule has 33 heavy (non-hydrogen) atoms. The second-order valence-electron chi connectivity index (χ2n) is 8.03. The lowest BCUT2D eigenvalue weighted by atomic mass is 10.0. The van der Waals surface area contributed by atoms with Crippen LogP contribution in [-0.4, -0.2) is 36.8 Å². The molecule has 0 aliphatic rings. The van der Waals surface area contributed by atoms with Crippen LogP contribution < -0.4 is 10.5 Å². The Morgan fingerprint density at radius 3 is 2.64 bits per heavy atom. The van der Waals surface area contributed by atoms with Gasteiger partial charge in [-0.15, -0.1) is 0 Å². The number of methoxy groups -OCH3 is 1. The Bertz CT molecular complexity index is 1690. The molecule has 0 radical (unpaired) electrons. The first kappa shape index (κ1) is 19.3. The van der Waals surface area contributed by atoms with E-state index in [9.17, 15) is 0 Å². The van der Waals surface area contributed by atoms with E-state index in [1.165, 1.54) is 0 Å². The average Bonchev–Trinajstić information content (AvgIpc) is 3.43. The molecule has 0 bridgehead atoms. The summed E-state index contributed by atoms with van der Waals surface area (Å²) in [6, 6.07) is 11.8. The number of nitrogens with two attached hydrogens (primary N) is 1. The predicted molar refractivity (Wildman–Crippen MR) is 127 cm³/mol. The van der Waals surface area contributed by atoms with Crippen molar-refractivity contribution in [2.75, 3.05) is 12.8 Å². The van der Waals surface area contributed by atoms with Gasteiger partial charge in [-0.1, -0.05) is 17.3 Å². The van der Waals surface area contributed by atoms with Crippen LogP contribution in [0.3, 0.4) is 0 Å². The Kier molecular flexibility index (Phi) is 3.97. The van der Waals surface area contributed by atoms with Gasteiger partial charge in [-0.2, -0.15) is 0 Å². The molecule has 0 amide bonds. The van der Waals surface area contributed by atoms with E-state index in [2.05, 4.69) is 20.1 Å². The molecule has 164 valence electrons. The molecule has 9 nitrogen and oxygen atoms in total. The van der Waals surface area contributed by atoms with Gasteiger partial charge >= 0.3 is 0 Å². The molecule has 3 N–H and O–H groups in total. The van der Waals surface area contributed by atoms with Crippen LogP contribution in [0.4, 0.5) is 5.95 Å². The molecule has 0 saturated carbocycles. The van der Waals surface area contributed by atoms with Crippen LogP contribution >= 0.6 is 0 Å². The number of anilines is 1. The van der Waals surface area contributed by atoms with E-state index in [-0.39, 0.29) is 0 Å². The molecule has 6 rings (SSSR count). The van der Waals surface area contributed by atoms with E-state index in [1.807, 2.05) is 61.7 Å². The van der Waals surface area contributed by atoms with Gasteiger partial charge in [-0.25, -0.2) is 15.0 Å². The number of rotatable bonds is 3. The number of H-pyrrole nitrogens is 1. The number of hydrogen-bond donors (Lipinski definition) is 2. The molecule has 2 aromatic carbocycles. The number of para-hydroxylation sites is 2. The van der Waals surface area contributed by atoms with Gasteiger partial charge in [0.15, 0.2) is 5.82 Å². The van der Waals surface area contributed by atoms with E-state index < -0.39 is 0 Å². The monoisotopic (exact) mass is 439 g/mol. The van der Waals surface area contributed by atoms with Crippen molar-refractivity contribution >= 4 is 38.9 Å². The first-order valence-corrected chi connectivity index (χ1v) is 10.5. The Labute approximate surface area is 188 Å². The summed E-state index contributed by atoms with van der Waals surface area (Å²) < 4.78 is 13.1. The van der Waals surface area contributed by atoms with Gasteiger partial charge in [0.1, 0.15) is 23.0 Å². The lowest BCUT2D eigenvalue weighted by Gasteiger charge is -2.10. The summed E-state index contributed by atoms with van der Waals surface area (Å²) in [5.41, 5.74) is 12.3. The molecular formula is C24H21N7O2. The third-order valence-corrected chi connectivity index (χ3v) is 5.97. The number of nitrogens with zero attached hydrogens (tertiary/aromatic N) is 5. The smallest absolute Gasteiger partial charge is 0.207 e. The molecule has 0 spiro atoms. The highest BCUT2D eigenvalue weighted by molar-refractivity contribution is 6.11. The molecule has 4 heterocycles. The second-order valence-corrected chi connectivity index (χ2v) is 8.03. The second kappa shape index (κ2) is 6.80. The molecule has 0 saturated heterocycles. The van der Waals surface area contributed by atoms with Crippen molar-refractivity contribution in [2.24, 2.45) is 0 Å². The number of aromatic amines is 1. The van der Waals surface area contributed by atoms with Crippen LogP contribution in [0.2, 0.25) is 0 Å².